The van der Waals surface area contributed by atoms with Crippen molar-refractivity contribution in [2.24, 2.45) is 0 Å². The summed E-state index contributed by atoms with van der Waals surface area (Å²) in [5.41, 5.74) is 0.654. The maximum absolute atomic E-state index is 11.9. The van der Waals surface area contributed by atoms with Crippen LogP contribution < -0.4 is 20.7 Å². The van der Waals surface area contributed by atoms with Gasteiger partial charge in [-0.1, -0.05) is 6.07 Å². The monoisotopic (exact) mass is 331 g/mol. The number of ether oxygens (including phenoxy) is 2. The van der Waals surface area contributed by atoms with Gasteiger partial charge in [0.1, 0.15) is 12.4 Å². The van der Waals surface area contributed by atoms with Gasteiger partial charge < -0.3 is 25.4 Å². The third-order valence-corrected chi connectivity index (χ3v) is 2.91. The SMILES string of the molecule is COCCOc1cccc(NC(=O)NCCNc2ncccn2)c1. The maximum atomic E-state index is 11.9. The molecule has 0 radical (unpaired) electrons. The molecule has 0 spiro atoms. The molecule has 128 valence electrons. The number of rotatable bonds is 9. The standard InChI is InChI=1S/C16H21N5O3/c1-23-10-11-24-14-5-2-4-13(12-14)21-16(22)20-9-8-19-15-17-6-3-7-18-15/h2-7,12H,8-11H2,1H3,(H,17,18,19)(H2,20,21,22). The molecule has 0 unspecified atom stereocenters. The fraction of sp³-hybridized carbons (Fsp3) is 0.312. The highest BCUT2D eigenvalue weighted by Crippen LogP contribution is 2.17. The van der Waals surface area contributed by atoms with E-state index in [0.717, 1.165) is 0 Å². The van der Waals surface area contributed by atoms with Gasteiger partial charge in [0.05, 0.1) is 6.61 Å². The molecule has 0 saturated carbocycles. The summed E-state index contributed by atoms with van der Waals surface area (Å²) in [7, 11) is 1.62. The topological polar surface area (TPSA) is 97.4 Å². The Morgan fingerprint density at radius 2 is 1.96 bits per heavy atom. The minimum Gasteiger partial charge on any atom is -0.491 e. The molecule has 0 saturated heterocycles. The number of nitrogens with one attached hydrogen (secondary N) is 3. The summed E-state index contributed by atoms with van der Waals surface area (Å²) in [5.74, 6) is 1.20. The lowest BCUT2D eigenvalue weighted by Gasteiger charge is -2.10. The van der Waals surface area contributed by atoms with Crippen molar-refractivity contribution in [2.45, 2.75) is 0 Å². The summed E-state index contributed by atoms with van der Waals surface area (Å²) in [6.45, 7) is 1.93. The highest BCUT2D eigenvalue weighted by atomic mass is 16.5. The van der Waals surface area contributed by atoms with Gasteiger partial charge in [-0.15, -0.1) is 0 Å². The summed E-state index contributed by atoms with van der Waals surface area (Å²) >= 11 is 0. The van der Waals surface area contributed by atoms with Gasteiger partial charge in [0.15, 0.2) is 0 Å². The van der Waals surface area contributed by atoms with E-state index >= 15 is 0 Å². The molecule has 2 aromatic rings. The second-order valence-electron chi connectivity index (χ2n) is 4.75. The van der Waals surface area contributed by atoms with E-state index in [0.29, 0.717) is 43.7 Å². The number of urea groups is 1. The summed E-state index contributed by atoms with van der Waals surface area (Å²) in [4.78, 5) is 19.9. The predicted molar refractivity (Wildman–Crippen MR) is 91.4 cm³/mol. The summed E-state index contributed by atoms with van der Waals surface area (Å²) in [6, 6.07) is 8.63. The van der Waals surface area contributed by atoms with Crippen LogP contribution in [0.4, 0.5) is 16.4 Å². The van der Waals surface area contributed by atoms with Gasteiger partial charge in [-0.25, -0.2) is 14.8 Å². The molecule has 0 aliphatic rings. The predicted octanol–water partition coefficient (Wildman–Crippen LogP) is 1.74. The van der Waals surface area contributed by atoms with Gasteiger partial charge in [-0.3, -0.25) is 0 Å². The fourth-order valence-electron chi connectivity index (χ4n) is 1.82. The number of carbonyl (C=O) groups excluding carboxylic acids is 1. The molecule has 8 nitrogen and oxygen atoms in total. The molecule has 0 atom stereocenters. The van der Waals surface area contributed by atoms with Gasteiger partial charge in [0.25, 0.3) is 0 Å². The van der Waals surface area contributed by atoms with Crippen molar-refractivity contribution in [1.82, 2.24) is 15.3 Å². The highest BCUT2D eigenvalue weighted by Gasteiger charge is 2.03. The Morgan fingerprint density at radius 3 is 2.75 bits per heavy atom. The highest BCUT2D eigenvalue weighted by molar-refractivity contribution is 5.89. The van der Waals surface area contributed by atoms with Crippen molar-refractivity contribution in [3.63, 3.8) is 0 Å². The van der Waals surface area contributed by atoms with Crippen LogP contribution in [0.2, 0.25) is 0 Å². The van der Waals surface area contributed by atoms with Gasteiger partial charge in [-0.05, 0) is 18.2 Å². The normalized spacial score (nSPS) is 10.0. The molecule has 0 fully saturated rings. The smallest absolute Gasteiger partial charge is 0.319 e. The molecule has 0 aliphatic heterocycles. The van der Waals surface area contributed by atoms with E-state index in [9.17, 15) is 4.79 Å². The molecule has 3 N–H and O–H groups in total. The number of nitrogens with zero attached hydrogens (tertiary/aromatic N) is 2. The van der Waals surface area contributed by atoms with E-state index in [-0.39, 0.29) is 6.03 Å². The molecular weight excluding hydrogens is 310 g/mol. The molecule has 8 heteroatoms. The van der Waals surface area contributed by atoms with Gasteiger partial charge >= 0.3 is 6.03 Å². The van der Waals surface area contributed by atoms with Crippen LogP contribution in [0.1, 0.15) is 0 Å². The van der Waals surface area contributed by atoms with Crippen molar-refractivity contribution in [3.8, 4) is 5.75 Å². The van der Waals surface area contributed by atoms with E-state index in [2.05, 4.69) is 25.9 Å². The zero-order chi connectivity index (χ0) is 17.0. The molecule has 1 aromatic carbocycles. The molecule has 1 aromatic heterocycles. The molecule has 0 aliphatic carbocycles. The second kappa shape index (κ2) is 10.0. The number of anilines is 2. The summed E-state index contributed by atoms with van der Waals surface area (Å²) in [6.07, 6.45) is 3.30. The van der Waals surface area contributed by atoms with Crippen molar-refractivity contribution in [3.05, 3.63) is 42.7 Å². The lowest BCUT2D eigenvalue weighted by molar-refractivity contribution is 0.146. The van der Waals surface area contributed by atoms with Gasteiger partial charge in [-0.2, -0.15) is 0 Å². The Bertz CT molecular complexity index is 624. The second-order valence-corrected chi connectivity index (χ2v) is 4.75. The summed E-state index contributed by atoms with van der Waals surface area (Å²) in [5, 5.41) is 8.50. The number of carbonyl (C=O) groups is 1. The first-order valence-electron chi connectivity index (χ1n) is 7.55. The van der Waals surface area contributed by atoms with Crippen LogP contribution in [0.25, 0.3) is 0 Å². The molecular formula is C16H21N5O3. The first kappa shape index (κ1) is 17.5. The molecule has 1 heterocycles. The molecule has 2 rings (SSSR count). The van der Waals surface area contributed by atoms with Crippen molar-refractivity contribution in [2.75, 3.05) is 44.0 Å². The zero-order valence-electron chi connectivity index (χ0n) is 13.5. The van der Waals surface area contributed by atoms with Gasteiger partial charge in [0.2, 0.25) is 5.95 Å². The minimum absolute atomic E-state index is 0.292. The lowest BCUT2D eigenvalue weighted by atomic mass is 10.3. The Labute approximate surface area is 140 Å². The average Bonchev–Trinajstić information content (AvgIpc) is 2.60. The van der Waals surface area contributed by atoms with E-state index in [4.69, 9.17) is 9.47 Å². The lowest BCUT2D eigenvalue weighted by Crippen LogP contribution is -2.32. The van der Waals surface area contributed by atoms with Crippen LogP contribution in [0.15, 0.2) is 42.7 Å². The van der Waals surface area contributed by atoms with E-state index in [1.807, 2.05) is 12.1 Å². The molecule has 2 amide bonds. The quantitative estimate of drug-likeness (QED) is 0.606. The van der Waals surface area contributed by atoms with Crippen LogP contribution in [0.3, 0.4) is 0 Å². The first-order chi connectivity index (χ1) is 11.8. The minimum atomic E-state index is -0.292. The van der Waals surface area contributed by atoms with Crippen molar-refractivity contribution >= 4 is 17.7 Å². The van der Waals surface area contributed by atoms with Gasteiger partial charge in [0, 0.05) is 44.3 Å². The Hall–Kier alpha value is -2.87. The van der Waals surface area contributed by atoms with Crippen LogP contribution in [-0.2, 0) is 4.74 Å². The number of methoxy groups -OCH3 is 1. The first-order valence-corrected chi connectivity index (χ1v) is 7.55. The van der Waals surface area contributed by atoms with Crippen LogP contribution in [0.5, 0.6) is 5.75 Å². The Kier molecular flexibility index (Phi) is 7.29. The van der Waals surface area contributed by atoms with Crippen LogP contribution in [0, 0.1) is 0 Å². The van der Waals surface area contributed by atoms with E-state index in [1.165, 1.54) is 0 Å². The van der Waals surface area contributed by atoms with Crippen molar-refractivity contribution in [1.29, 1.82) is 0 Å². The third-order valence-electron chi connectivity index (χ3n) is 2.91. The fourth-order valence-corrected chi connectivity index (χ4v) is 1.82. The van der Waals surface area contributed by atoms with Crippen molar-refractivity contribution < 1.29 is 14.3 Å². The number of amides is 2. The van der Waals surface area contributed by atoms with Crippen LogP contribution in [-0.4, -0.2) is 49.4 Å². The summed E-state index contributed by atoms with van der Waals surface area (Å²) < 4.78 is 10.4. The number of hydrogen-bond donors (Lipinski definition) is 3. The number of hydrogen-bond acceptors (Lipinski definition) is 6. The number of aromatic nitrogens is 2. The largest absolute Gasteiger partial charge is 0.491 e. The Morgan fingerprint density at radius 1 is 1.12 bits per heavy atom. The molecule has 24 heavy (non-hydrogen) atoms. The third kappa shape index (κ3) is 6.49. The molecule has 0 bridgehead atoms. The zero-order valence-corrected chi connectivity index (χ0v) is 13.5. The van der Waals surface area contributed by atoms with E-state index < -0.39 is 0 Å². The van der Waals surface area contributed by atoms with Crippen LogP contribution >= 0.6 is 0 Å². The van der Waals surface area contributed by atoms with E-state index in [1.54, 1.807) is 37.7 Å². The average molecular weight is 331 g/mol. The Balaban J connectivity index is 1.69. The maximum Gasteiger partial charge on any atom is 0.319 e. The number of benzene rings is 1.